The van der Waals surface area contributed by atoms with Crippen molar-refractivity contribution in [2.75, 3.05) is 44.9 Å². The number of carbonyl (C=O) groups is 1. The van der Waals surface area contributed by atoms with Crippen LogP contribution in [0, 0.1) is 0 Å². The van der Waals surface area contributed by atoms with E-state index in [1.807, 2.05) is 50.3 Å². The van der Waals surface area contributed by atoms with Crippen LogP contribution in [-0.4, -0.2) is 64.1 Å². The van der Waals surface area contributed by atoms with Crippen molar-refractivity contribution < 1.29 is 13.2 Å². The smallest absolute Gasteiger partial charge is 0.319 e. The normalized spacial score (nSPS) is 12.0. The first-order valence-corrected chi connectivity index (χ1v) is 13.8. The van der Waals surface area contributed by atoms with Crippen LogP contribution in [0.3, 0.4) is 0 Å². The molecule has 0 saturated heterocycles. The van der Waals surface area contributed by atoms with Gasteiger partial charge in [0.05, 0.1) is 9.77 Å². The Morgan fingerprint density at radius 2 is 1.72 bits per heavy atom. The van der Waals surface area contributed by atoms with Gasteiger partial charge in [-0.25, -0.2) is 22.9 Å². The molecule has 0 fully saturated rings. The third kappa shape index (κ3) is 7.50. The zero-order valence-corrected chi connectivity index (χ0v) is 23.1. The Morgan fingerprint density at radius 1 is 1.06 bits per heavy atom. The molecule has 11 heteroatoms. The second-order valence-electron chi connectivity index (χ2n) is 9.61. The van der Waals surface area contributed by atoms with Gasteiger partial charge in [0, 0.05) is 54.4 Å². The Kier molecular flexibility index (Phi) is 8.72. The Balaban J connectivity index is 1.96. The number of rotatable bonds is 9. The molecule has 36 heavy (non-hydrogen) atoms. The number of hydrogen-bond acceptors (Lipinski definition) is 7. The van der Waals surface area contributed by atoms with E-state index in [1.54, 1.807) is 39.1 Å². The number of sulfonamides is 1. The fourth-order valence-electron chi connectivity index (χ4n) is 3.36. The molecule has 3 rings (SSSR count). The maximum Gasteiger partial charge on any atom is 0.319 e. The molecular weight excluding hydrogens is 496 g/mol. The van der Waals surface area contributed by atoms with E-state index in [0.717, 1.165) is 16.3 Å². The predicted molar refractivity (Wildman–Crippen MR) is 148 cm³/mol. The molecule has 0 spiro atoms. The molecule has 1 heterocycles. The van der Waals surface area contributed by atoms with E-state index in [0.29, 0.717) is 29.2 Å². The lowest BCUT2D eigenvalue weighted by Gasteiger charge is -2.22. The van der Waals surface area contributed by atoms with Crippen molar-refractivity contribution in [1.82, 2.24) is 19.9 Å². The van der Waals surface area contributed by atoms with Gasteiger partial charge in [0.25, 0.3) is 0 Å². The number of aromatic nitrogens is 1. The van der Waals surface area contributed by atoms with Crippen LogP contribution in [0.2, 0.25) is 0 Å². The minimum atomic E-state index is -3.91. The summed E-state index contributed by atoms with van der Waals surface area (Å²) in [5.41, 5.74) is 2.14. The molecule has 0 atom stereocenters. The number of likely N-dealkylation sites (N-methyl/N-ethyl adjacent to an activating group) is 1. The van der Waals surface area contributed by atoms with Crippen LogP contribution in [0.25, 0.3) is 21.0 Å². The van der Waals surface area contributed by atoms with Crippen LogP contribution in [0.4, 0.5) is 16.2 Å². The monoisotopic (exact) mass is 530 g/mol. The number of carbonyl (C=O) groups excluding carboxylic acids is 1. The van der Waals surface area contributed by atoms with E-state index >= 15 is 0 Å². The molecule has 0 bridgehead atoms. The molecule has 0 aliphatic heterocycles. The van der Waals surface area contributed by atoms with Gasteiger partial charge in [-0.1, -0.05) is 6.07 Å². The molecular formula is C25H34N6O3S2. The Labute approximate surface area is 217 Å². The number of nitrogens with zero attached hydrogens (tertiary/aromatic N) is 2. The zero-order valence-electron chi connectivity index (χ0n) is 21.5. The SMILES string of the molecule is CNc1ccc(-c2ncc(-c3ccc(NC(=O)NCCN(C)C)cc3S(=O)(=O)NC(C)(C)C)s2)cc1. The summed E-state index contributed by atoms with van der Waals surface area (Å²) in [5.74, 6) is 0. The Hall–Kier alpha value is -2.99. The molecule has 0 aliphatic rings. The molecule has 0 saturated carbocycles. The number of urea groups is 1. The van der Waals surface area contributed by atoms with Gasteiger partial charge in [-0.3, -0.25) is 0 Å². The Bertz CT molecular complexity index is 1300. The van der Waals surface area contributed by atoms with Crippen molar-refractivity contribution in [3.05, 3.63) is 48.7 Å². The van der Waals surface area contributed by atoms with Crippen molar-refractivity contribution in [2.45, 2.75) is 31.2 Å². The van der Waals surface area contributed by atoms with Gasteiger partial charge in [-0.15, -0.1) is 11.3 Å². The molecule has 2 aromatic carbocycles. The minimum Gasteiger partial charge on any atom is -0.388 e. The number of thiazole rings is 1. The van der Waals surface area contributed by atoms with Crippen LogP contribution in [0.1, 0.15) is 20.8 Å². The van der Waals surface area contributed by atoms with Crippen molar-refractivity contribution >= 4 is 38.8 Å². The summed E-state index contributed by atoms with van der Waals surface area (Å²) in [6, 6.07) is 12.3. The molecule has 4 N–H and O–H groups in total. The van der Waals surface area contributed by atoms with Gasteiger partial charge in [-0.05, 0) is 71.3 Å². The highest BCUT2D eigenvalue weighted by atomic mass is 32.2. The van der Waals surface area contributed by atoms with E-state index in [9.17, 15) is 13.2 Å². The number of anilines is 2. The van der Waals surface area contributed by atoms with Gasteiger partial charge in [0.15, 0.2) is 0 Å². The third-order valence-electron chi connectivity index (χ3n) is 5.01. The minimum absolute atomic E-state index is 0.0734. The first-order chi connectivity index (χ1) is 16.9. The fourth-order valence-corrected chi connectivity index (χ4v) is 6.06. The highest BCUT2D eigenvalue weighted by Crippen LogP contribution is 2.37. The van der Waals surface area contributed by atoms with E-state index in [4.69, 9.17) is 0 Å². The van der Waals surface area contributed by atoms with Gasteiger partial charge < -0.3 is 20.9 Å². The second-order valence-corrected chi connectivity index (χ2v) is 12.3. The molecule has 9 nitrogen and oxygen atoms in total. The summed E-state index contributed by atoms with van der Waals surface area (Å²) in [7, 11) is 1.79. The highest BCUT2D eigenvalue weighted by Gasteiger charge is 2.26. The lowest BCUT2D eigenvalue weighted by molar-refractivity contribution is 0.250. The average Bonchev–Trinajstić information content (AvgIpc) is 3.27. The van der Waals surface area contributed by atoms with Gasteiger partial charge in [-0.2, -0.15) is 0 Å². The topological polar surface area (TPSA) is 115 Å². The third-order valence-corrected chi connectivity index (χ3v) is 7.88. The van der Waals surface area contributed by atoms with Crippen LogP contribution >= 0.6 is 11.3 Å². The number of nitrogens with one attached hydrogen (secondary N) is 4. The van der Waals surface area contributed by atoms with Crippen molar-refractivity contribution in [3.8, 4) is 21.0 Å². The van der Waals surface area contributed by atoms with Crippen LogP contribution < -0.4 is 20.7 Å². The average molecular weight is 531 g/mol. The maximum absolute atomic E-state index is 13.4. The first-order valence-electron chi connectivity index (χ1n) is 11.5. The summed E-state index contributed by atoms with van der Waals surface area (Å²) in [5, 5.41) is 9.36. The summed E-state index contributed by atoms with van der Waals surface area (Å²) >= 11 is 1.41. The first kappa shape index (κ1) is 27.6. The molecule has 1 aromatic heterocycles. The lowest BCUT2D eigenvalue weighted by Crippen LogP contribution is -2.40. The van der Waals surface area contributed by atoms with Gasteiger partial charge in [0.2, 0.25) is 10.0 Å². The van der Waals surface area contributed by atoms with E-state index < -0.39 is 21.6 Å². The second kappa shape index (κ2) is 11.4. The largest absolute Gasteiger partial charge is 0.388 e. The van der Waals surface area contributed by atoms with Crippen molar-refractivity contribution in [1.29, 1.82) is 0 Å². The van der Waals surface area contributed by atoms with Crippen molar-refractivity contribution in [3.63, 3.8) is 0 Å². The summed E-state index contributed by atoms with van der Waals surface area (Å²) in [6.07, 6.45) is 1.68. The van der Waals surface area contributed by atoms with E-state index in [-0.39, 0.29) is 4.90 Å². The van der Waals surface area contributed by atoms with Crippen LogP contribution in [0.15, 0.2) is 53.6 Å². The van der Waals surface area contributed by atoms with E-state index in [2.05, 4.69) is 25.7 Å². The Morgan fingerprint density at radius 3 is 2.33 bits per heavy atom. The van der Waals surface area contributed by atoms with Gasteiger partial charge in [0.1, 0.15) is 5.01 Å². The summed E-state index contributed by atoms with van der Waals surface area (Å²) < 4.78 is 29.5. The number of amides is 2. The lowest BCUT2D eigenvalue weighted by atomic mass is 10.1. The van der Waals surface area contributed by atoms with Crippen LogP contribution in [-0.2, 0) is 10.0 Å². The molecule has 0 radical (unpaired) electrons. The molecule has 0 aliphatic carbocycles. The van der Waals surface area contributed by atoms with Crippen molar-refractivity contribution in [2.24, 2.45) is 0 Å². The van der Waals surface area contributed by atoms with Crippen LogP contribution in [0.5, 0.6) is 0 Å². The van der Waals surface area contributed by atoms with E-state index in [1.165, 1.54) is 17.4 Å². The molecule has 0 unspecified atom stereocenters. The standard InChI is InChI=1S/C25H34N6O3S2/c1-25(2,3)30-36(33,34)22-15-19(29-24(32)27-13-14-31(5)6)11-12-20(22)21-16-28-23(35-21)17-7-9-18(26-4)10-8-17/h7-12,15-16,26,30H,13-14H2,1-6H3,(H2,27,29,32). The summed E-state index contributed by atoms with van der Waals surface area (Å²) in [6.45, 7) is 6.50. The van der Waals surface area contributed by atoms with Gasteiger partial charge >= 0.3 is 6.03 Å². The number of benzene rings is 2. The summed E-state index contributed by atoms with van der Waals surface area (Å²) in [4.78, 5) is 19.6. The fraction of sp³-hybridized carbons (Fsp3) is 0.360. The molecule has 3 aromatic rings. The maximum atomic E-state index is 13.4. The predicted octanol–water partition coefficient (Wildman–Crippen LogP) is 4.28. The zero-order chi connectivity index (χ0) is 26.5. The molecule has 194 valence electrons. The number of hydrogen-bond donors (Lipinski definition) is 4. The quantitative estimate of drug-likeness (QED) is 0.328. The highest BCUT2D eigenvalue weighted by molar-refractivity contribution is 7.89. The molecule has 2 amide bonds.